The molecule has 1 N–H and O–H groups in total. The van der Waals surface area contributed by atoms with Gasteiger partial charge in [0, 0.05) is 12.1 Å². The number of hydrogen-bond acceptors (Lipinski definition) is 4. The molecule has 6 nitrogen and oxygen atoms in total. The number of halogens is 3. The Morgan fingerprint density at radius 1 is 1.13 bits per heavy atom. The molecule has 0 aromatic heterocycles. The molecule has 9 heteroatoms. The lowest BCUT2D eigenvalue weighted by Gasteiger charge is -2.29. The molecule has 0 saturated heterocycles. The number of methoxy groups -OCH3 is 1. The number of para-hydroxylation sites is 1. The van der Waals surface area contributed by atoms with E-state index >= 15 is 0 Å². The Morgan fingerprint density at radius 3 is 2.37 bits per heavy atom. The molecular formula is C21H20F3N3O3. The predicted octanol–water partition coefficient (Wildman–Crippen LogP) is 3.38. The highest BCUT2D eigenvalue weighted by molar-refractivity contribution is 6.16. The normalized spacial score (nSPS) is 18.9. The number of amidine groups is 1. The van der Waals surface area contributed by atoms with Gasteiger partial charge < -0.3 is 10.1 Å². The molecule has 2 amide bonds. The van der Waals surface area contributed by atoms with Crippen LogP contribution in [0, 0.1) is 0 Å². The van der Waals surface area contributed by atoms with Gasteiger partial charge in [0.1, 0.15) is 11.6 Å². The summed E-state index contributed by atoms with van der Waals surface area (Å²) in [7, 11) is 1.29. The minimum Gasteiger partial charge on any atom is -0.496 e. The number of ether oxygens (including phenoxy) is 1. The summed E-state index contributed by atoms with van der Waals surface area (Å²) in [6, 6.07) is 13.9. The van der Waals surface area contributed by atoms with Gasteiger partial charge in [-0.2, -0.15) is 13.2 Å². The molecule has 0 saturated carbocycles. The summed E-state index contributed by atoms with van der Waals surface area (Å²) in [5, 5.41) is 1.84. The molecule has 0 spiro atoms. The molecule has 158 valence electrons. The smallest absolute Gasteiger partial charge is 0.442 e. The van der Waals surface area contributed by atoms with E-state index in [0.29, 0.717) is 12.0 Å². The minimum absolute atomic E-state index is 0.0227. The Morgan fingerprint density at radius 2 is 1.77 bits per heavy atom. The van der Waals surface area contributed by atoms with Crippen LogP contribution >= 0.6 is 0 Å². The van der Waals surface area contributed by atoms with Gasteiger partial charge >= 0.3 is 11.8 Å². The summed E-state index contributed by atoms with van der Waals surface area (Å²) in [6.45, 7) is 1.76. The molecule has 0 aliphatic carbocycles. The van der Waals surface area contributed by atoms with Crippen LogP contribution in [0.4, 0.5) is 13.2 Å². The van der Waals surface area contributed by atoms with Crippen molar-refractivity contribution in [2.24, 2.45) is 4.99 Å². The second-order valence-corrected chi connectivity index (χ2v) is 6.62. The van der Waals surface area contributed by atoms with Crippen molar-refractivity contribution in [3.05, 3.63) is 65.7 Å². The fourth-order valence-corrected chi connectivity index (χ4v) is 3.20. The third-order valence-electron chi connectivity index (χ3n) is 4.62. The number of amides is 2. The fourth-order valence-electron chi connectivity index (χ4n) is 3.20. The first kappa shape index (κ1) is 21.4. The minimum atomic E-state index is -5.16. The van der Waals surface area contributed by atoms with E-state index in [2.05, 4.69) is 4.99 Å². The Labute approximate surface area is 171 Å². The molecule has 0 radical (unpaired) electrons. The SMILES string of the molecule is CCCN1C(=O)[C@@](NC(=O)c2ccccc2OC)(C(F)(F)F)N=C1c1ccccc1. The van der Waals surface area contributed by atoms with Crippen LogP contribution < -0.4 is 10.1 Å². The summed E-state index contributed by atoms with van der Waals surface area (Å²) in [6.07, 6.45) is -4.75. The second kappa shape index (κ2) is 8.17. The maximum atomic E-state index is 14.2. The molecule has 0 bridgehead atoms. The highest BCUT2D eigenvalue weighted by Crippen LogP contribution is 2.39. The van der Waals surface area contributed by atoms with Crippen molar-refractivity contribution in [3.8, 4) is 5.75 Å². The Balaban J connectivity index is 2.11. The van der Waals surface area contributed by atoms with Crippen LogP contribution in [0.2, 0.25) is 0 Å². The van der Waals surface area contributed by atoms with Gasteiger partial charge in [-0.1, -0.05) is 49.4 Å². The Kier molecular flexibility index (Phi) is 5.82. The van der Waals surface area contributed by atoms with E-state index in [-0.39, 0.29) is 23.7 Å². The first-order valence-electron chi connectivity index (χ1n) is 9.24. The molecule has 3 rings (SSSR count). The zero-order valence-corrected chi connectivity index (χ0v) is 16.4. The highest BCUT2D eigenvalue weighted by atomic mass is 19.4. The average Bonchev–Trinajstić information content (AvgIpc) is 3.02. The molecule has 0 fully saturated rings. The number of carbonyl (C=O) groups is 2. The van der Waals surface area contributed by atoms with Crippen molar-refractivity contribution in [1.29, 1.82) is 0 Å². The number of rotatable bonds is 6. The van der Waals surface area contributed by atoms with Gasteiger partial charge in [0.25, 0.3) is 11.8 Å². The predicted molar refractivity (Wildman–Crippen MR) is 104 cm³/mol. The third-order valence-corrected chi connectivity index (χ3v) is 4.62. The van der Waals surface area contributed by atoms with E-state index in [9.17, 15) is 22.8 Å². The van der Waals surface area contributed by atoms with Crippen molar-refractivity contribution in [2.45, 2.75) is 25.2 Å². The summed E-state index contributed by atoms with van der Waals surface area (Å²) in [5.74, 6) is -2.53. The van der Waals surface area contributed by atoms with Crippen LogP contribution in [0.3, 0.4) is 0 Å². The van der Waals surface area contributed by atoms with Gasteiger partial charge in [0.2, 0.25) is 0 Å². The van der Waals surface area contributed by atoms with E-state index in [4.69, 9.17) is 4.74 Å². The van der Waals surface area contributed by atoms with Crippen LogP contribution in [-0.4, -0.2) is 48.0 Å². The monoisotopic (exact) mass is 419 g/mol. The summed E-state index contributed by atoms with van der Waals surface area (Å²) in [5.41, 5.74) is -3.22. The van der Waals surface area contributed by atoms with Crippen LogP contribution in [0.1, 0.15) is 29.3 Å². The molecule has 1 aliphatic rings. The third kappa shape index (κ3) is 3.62. The van der Waals surface area contributed by atoms with E-state index in [1.165, 1.54) is 25.3 Å². The number of carbonyl (C=O) groups excluding carboxylic acids is 2. The van der Waals surface area contributed by atoms with Gasteiger partial charge in [-0.05, 0) is 18.6 Å². The van der Waals surface area contributed by atoms with E-state index in [1.807, 2.05) is 5.32 Å². The first-order chi connectivity index (χ1) is 14.2. The van der Waals surface area contributed by atoms with Crippen LogP contribution in [0.5, 0.6) is 5.75 Å². The molecule has 1 atom stereocenters. The van der Waals surface area contributed by atoms with Crippen molar-refractivity contribution in [3.63, 3.8) is 0 Å². The highest BCUT2D eigenvalue weighted by Gasteiger charge is 2.67. The largest absolute Gasteiger partial charge is 0.496 e. The van der Waals surface area contributed by atoms with Crippen molar-refractivity contribution in [2.75, 3.05) is 13.7 Å². The van der Waals surface area contributed by atoms with Gasteiger partial charge in [-0.3, -0.25) is 14.5 Å². The maximum Gasteiger partial charge on any atom is 0.442 e. The topological polar surface area (TPSA) is 71.0 Å². The molecule has 0 unspecified atom stereocenters. The number of alkyl halides is 3. The van der Waals surface area contributed by atoms with Gasteiger partial charge in [-0.15, -0.1) is 0 Å². The molecule has 1 heterocycles. The zero-order chi connectivity index (χ0) is 21.9. The number of nitrogens with zero attached hydrogens (tertiary/aromatic N) is 2. The molecule has 2 aromatic carbocycles. The Bertz CT molecular complexity index is 976. The van der Waals surface area contributed by atoms with Crippen LogP contribution in [-0.2, 0) is 4.79 Å². The van der Waals surface area contributed by atoms with E-state index < -0.39 is 23.7 Å². The summed E-state index contributed by atoms with van der Waals surface area (Å²) >= 11 is 0. The van der Waals surface area contributed by atoms with Crippen molar-refractivity contribution < 1.29 is 27.5 Å². The van der Waals surface area contributed by atoms with Gasteiger partial charge in [-0.25, -0.2) is 4.99 Å². The number of aliphatic imine (C=N–C) groups is 1. The lowest BCUT2D eigenvalue weighted by atomic mass is 10.1. The lowest BCUT2D eigenvalue weighted by Crippen LogP contribution is -2.63. The number of benzene rings is 2. The number of nitrogens with one attached hydrogen (secondary N) is 1. The fraction of sp³-hybridized carbons (Fsp3) is 0.286. The van der Waals surface area contributed by atoms with Crippen LogP contribution in [0.15, 0.2) is 59.6 Å². The molecule has 2 aromatic rings. The lowest BCUT2D eigenvalue weighted by molar-refractivity contribution is -0.196. The standard InChI is InChI=1S/C21H20F3N3O3/c1-3-13-27-17(14-9-5-4-6-10-14)25-20(19(27)29,21(22,23)24)26-18(28)15-11-7-8-12-16(15)30-2/h4-12H,3,13H2,1-2H3,(H,26,28)/t20-/m1/s1. The zero-order valence-electron chi connectivity index (χ0n) is 16.4. The van der Waals surface area contributed by atoms with Crippen LogP contribution in [0.25, 0.3) is 0 Å². The molecule has 30 heavy (non-hydrogen) atoms. The van der Waals surface area contributed by atoms with E-state index in [0.717, 1.165) is 4.90 Å². The molecular weight excluding hydrogens is 399 g/mol. The average molecular weight is 419 g/mol. The van der Waals surface area contributed by atoms with Crippen molar-refractivity contribution in [1.82, 2.24) is 10.2 Å². The summed E-state index contributed by atoms with van der Waals surface area (Å²) in [4.78, 5) is 30.5. The summed E-state index contributed by atoms with van der Waals surface area (Å²) < 4.78 is 47.7. The maximum absolute atomic E-state index is 14.2. The van der Waals surface area contributed by atoms with E-state index in [1.54, 1.807) is 43.3 Å². The second-order valence-electron chi connectivity index (χ2n) is 6.62. The quantitative estimate of drug-likeness (QED) is 0.780. The van der Waals surface area contributed by atoms with Crippen molar-refractivity contribution >= 4 is 17.6 Å². The first-order valence-corrected chi connectivity index (χ1v) is 9.24. The van der Waals surface area contributed by atoms with Gasteiger partial charge in [0.05, 0.1) is 12.7 Å². The Hall–Kier alpha value is -3.36. The molecule has 1 aliphatic heterocycles. The van der Waals surface area contributed by atoms with Gasteiger partial charge in [0.15, 0.2) is 0 Å². The number of hydrogen-bond donors (Lipinski definition) is 1.